The molecule has 1 saturated heterocycles. The maximum atomic E-state index is 13.2. The van der Waals surface area contributed by atoms with Gasteiger partial charge in [0.2, 0.25) is 0 Å². The molecule has 1 atom stereocenters. The van der Waals surface area contributed by atoms with E-state index in [0.717, 1.165) is 31.0 Å². The minimum atomic E-state index is -0.211. The van der Waals surface area contributed by atoms with Crippen molar-refractivity contribution in [1.29, 1.82) is 0 Å². The van der Waals surface area contributed by atoms with Gasteiger partial charge < -0.3 is 10.2 Å². The Morgan fingerprint density at radius 3 is 3.04 bits per heavy atom. The summed E-state index contributed by atoms with van der Waals surface area (Å²) in [5.74, 6) is 1.13. The SMILES string of the molecule is CN=C(NCc1cccc(F)c1)N1CCC(c2cnn(C)c2)C1. The molecule has 0 aliphatic carbocycles. The van der Waals surface area contributed by atoms with Crippen molar-refractivity contribution in [2.24, 2.45) is 12.0 Å². The number of halogens is 1. The summed E-state index contributed by atoms with van der Waals surface area (Å²) in [6, 6.07) is 6.63. The second kappa shape index (κ2) is 6.81. The van der Waals surface area contributed by atoms with Gasteiger partial charge in [0.25, 0.3) is 0 Å². The molecule has 1 aromatic heterocycles. The number of aryl methyl sites for hydroxylation is 1. The third-order valence-electron chi connectivity index (χ3n) is 4.24. The predicted octanol–water partition coefficient (Wildman–Crippen LogP) is 2.12. The average Bonchev–Trinajstić information content (AvgIpc) is 3.17. The van der Waals surface area contributed by atoms with Gasteiger partial charge in [-0.25, -0.2) is 4.39 Å². The number of aromatic nitrogens is 2. The molecule has 0 spiro atoms. The Hall–Kier alpha value is -2.37. The normalized spacial score (nSPS) is 18.5. The Kier molecular flexibility index (Phi) is 4.60. The molecule has 3 rings (SSSR count). The van der Waals surface area contributed by atoms with E-state index in [0.29, 0.717) is 12.5 Å². The van der Waals surface area contributed by atoms with E-state index in [1.54, 1.807) is 19.2 Å². The van der Waals surface area contributed by atoms with Crippen LogP contribution < -0.4 is 5.32 Å². The van der Waals surface area contributed by atoms with Gasteiger partial charge in [-0.1, -0.05) is 12.1 Å². The summed E-state index contributed by atoms with van der Waals surface area (Å²) in [6.45, 7) is 2.45. The second-order valence-corrected chi connectivity index (χ2v) is 5.91. The molecule has 1 unspecified atom stereocenters. The van der Waals surface area contributed by atoms with Gasteiger partial charge in [-0.3, -0.25) is 9.67 Å². The molecule has 0 bridgehead atoms. The molecule has 0 amide bonds. The molecular formula is C17H22FN5. The molecule has 5 nitrogen and oxygen atoms in total. The molecule has 1 aromatic carbocycles. The molecule has 122 valence electrons. The van der Waals surface area contributed by atoms with Gasteiger partial charge in [0.1, 0.15) is 5.82 Å². The molecule has 0 saturated carbocycles. The molecule has 1 fully saturated rings. The topological polar surface area (TPSA) is 45.5 Å². The molecular weight excluding hydrogens is 293 g/mol. The number of benzene rings is 1. The highest BCUT2D eigenvalue weighted by Gasteiger charge is 2.26. The molecule has 1 aliphatic rings. The van der Waals surface area contributed by atoms with Crippen molar-refractivity contribution in [2.75, 3.05) is 20.1 Å². The first kappa shape index (κ1) is 15.5. The van der Waals surface area contributed by atoms with E-state index in [-0.39, 0.29) is 5.82 Å². The summed E-state index contributed by atoms with van der Waals surface area (Å²) in [4.78, 5) is 6.60. The fourth-order valence-corrected chi connectivity index (χ4v) is 3.04. The van der Waals surface area contributed by atoms with Crippen LogP contribution in [0.4, 0.5) is 4.39 Å². The van der Waals surface area contributed by atoms with Crippen LogP contribution >= 0.6 is 0 Å². The fraction of sp³-hybridized carbons (Fsp3) is 0.412. The van der Waals surface area contributed by atoms with E-state index in [1.807, 2.05) is 24.0 Å². The lowest BCUT2D eigenvalue weighted by molar-refractivity contribution is 0.485. The maximum Gasteiger partial charge on any atom is 0.193 e. The maximum absolute atomic E-state index is 13.2. The van der Waals surface area contributed by atoms with E-state index in [2.05, 4.69) is 26.5 Å². The zero-order valence-corrected chi connectivity index (χ0v) is 13.5. The van der Waals surface area contributed by atoms with Crippen LogP contribution in [-0.4, -0.2) is 40.8 Å². The number of likely N-dealkylation sites (tertiary alicyclic amines) is 1. The molecule has 0 radical (unpaired) electrons. The number of nitrogens with zero attached hydrogens (tertiary/aromatic N) is 4. The van der Waals surface area contributed by atoms with Crippen LogP contribution in [0.5, 0.6) is 0 Å². The third-order valence-corrected chi connectivity index (χ3v) is 4.24. The van der Waals surface area contributed by atoms with Crippen LogP contribution in [0.2, 0.25) is 0 Å². The van der Waals surface area contributed by atoms with Crippen LogP contribution in [0.3, 0.4) is 0 Å². The minimum Gasteiger partial charge on any atom is -0.352 e. The summed E-state index contributed by atoms with van der Waals surface area (Å²) in [7, 11) is 3.72. The van der Waals surface area contributed by atoms with E-state index in [1.165, 1.54) is 11.6 Å². The average molecular weight is 315 g/mol. The largest absolute Gasteiger partial charge is 0.352 e. The second-order valence-electron chi connectivity index (χ2n) is 5.91. The highest BCUT2D eigenvalue weighted by molar-refractivity contribution is 5.80. The van der Waals surface area contributed by atoms with Gasteiger partial charge in [-0.2, -0.15) is 5.10 Å². The molecule has 23 heavy (non-hydrogen) atoms. The molecule has 2 heterocycles. The van der Waals surface area contributed by atoms with Crippen molar-refractivity contribution in [3.05, 3.63) is 53.6 Å². The zero-order chi connectivity index (χ0) is 16.2. The zero-order valence-electron chi connectivity index (χ0n) is 13.5. The lowest BCUT2D eigenvalue weighted by atomic mass is 10.0. The third kappa shape index (κ3) is 3.70. The van der Waals surface area contributed by atoms with Gasteiger partial charge in [-0.15, -0.1) is 0 Å². The van der Waals surface area contributed by atoms with E-state index in [4.69, 9.17) is 0 Å². The van der Waals surface area contributed by atoms with Crippen LogP contribution in [0.15, 0.2) is 41.7 Å². The van der Waals surface area contributed by atoms with Crippen LogP contribution in [0.1, 0.15) is 23.5 Å². The first-order chi connectivity index (χ1) is 11.2. The van der Waals surface area contributed by atoms with Crippen LogP contribution in [0.25, 0.3) is 0 Å². The highest BCUT2D eigenvalue weighted by Crippen LogP contribution is 2.26. The van der Waals surface area contributed by atoms with Crippen molar-refractivity contribution in [1.82, 2.24) is 20.0 Å². The molecule has 1 N–H and O–H groups in total. The number of hydrogen-bond donors (Lipinski definition) is 1. The lowest BCUT2D eigenvalue weighted by Gasteiger charge is -2.21. The Balaban J connectivity index is 1.59. The van der Waals surface area contributed by atoms with Crippen molar-refractivity contribution in [3.63, 3.8) is 0 Å². The first-order valence-corrected chi connectivity index (χ1v) is 7.84. The molecule has 6 heteroatoms. The number of aliphatic imine (C=N–C) groups is 1. The van der Waals surface area contributed by atoms with Crippen molar-refractivity contribution >= 4 is 5.96 Å². The van der Waals surface area contributed by atoms with Crippen molar-refractivity contribution in [2.45, 2.75) is 18.9 Å². The summed E-state index contributed by atoms with van der Waals surface area (Å²) in [5.41, 5.74) is 2.18. The summed E-state index contributed by atoms with van der Waals surface area (Å²) < 4.78 is 15.1. The van der Waals surface area contributed by atoms with E-state index in [9.17, 15) is 4.39 Å². The predicted molar refractivity (Wildman–Crippen MR) is 88.7 cm³/mol. The molecule has 1 aliphatic heterocycles. The van der Waals surface area contributed by atoms with Gasteiger partial charge in [0.05, 0.1) is 6.20 Å². The van der Waals surface area contributed by atoms with E-state index >= 15 is 0 Å². The number of hydrogen-bond acceptors (Lipinski definition) is 2. The fourth-order valence-electron chi connectivity index (χ4n) is 3.04. The van der Waals surface area contributed by atoms with Gasteiger partial charge in [-0.05, 0) is 29.7 Å². The Bertz CT molecular complexity index is 694. The number of guanidine groups is 1. The molecule has 2 aromatic rings. The number of nitrogens with one attached hydrogen (secondary N) is 1. The summed E-state index contributed by atoms with van der Waals surface area (Å²) >= 11 is 0. The first-order valence-electron chi connectivity index (χ1n) is 7.84. The Labute approximate surface area is 135 Å². The summed E-state index contributed by atoms with van der Waals surface area (Å²) in [6.07, 6.45) is 5.11. The monoisotopic (exact) mass is 315 g/mol. The standard InChI is InChI=1S/C17H22FN5/c1-19-17(20-9-13-4-3-5-16(18)8-13)23-7-6-14(12-23)15-10-21-22(2)11-15/h3-5,8,10-11,14H,6-7,9,12H2,1-2H3,(H,19,20). The highest BCUT2D eigenvalue weighted by atomic mass is 19.1. The van der Waals surface area contributed by atoms with Gasteiger partial charge in [0, 0.05) is 45.8 Å². The minimum absolute atomic E-state index is 0.211. The van der Waals surface area contributed by atoms with Crippen molar-refractivity contribution in [3.8, 4) is 0 Å². The van der Waals surface area contributed by atoms with E-state index < -0.39 is 0 Å². The number of rotatable bonds is 3. The van der Waals surface area contributed by atoms with Gasteiger partial charge >= 0.3 is 0 Å². The van der Waals surface area contributed by atoms with Crippen LogP contribution in [0, 0.1) is 5.82 Å². The Morgan fingerprint density at radius 2 is 2.35 bits per heavy atom. The quantitative estimate of drug-likeness (QED) is 0.697. The Morgan fingerprint density at radius 1 is 1.48 bits per heavy atom. The smallest absolute Gasteiger partial charge is 0.193 e. The van der Waals surface area contributed by atoms with Crippen LogP contribution in [-0.2, 0) is 13.6 Å². The van der Waals surface area contributed by atoms with Gasteiger partial charge in [0.15, 0.2) is 5.96 Å². The summed E-state index contributed by atoms with van der Waals surface area (Å²) in [5, 5.41) is 7.57. The van der Waals surface area contributed by atoms with Crippen molar-refractivity contribution < 1.29 is 4.39 Å². The lowest BCUT2D eigenvalue weighted by Crippen LogP contribution is -2.39.